The maximum atomic E-state index is 6.42. The highest BCUT2D eigenvalue weighted by Crippen LogP contribution is 2.41. The molecule has 0 radical (unpaired) electrons. The van der Waals surface area contributed by atoms with Crippen molar-refractivity contribution in [3.8, 4) is 22.6 Å². The summed E-state index contributed by atoms with van der Waals surface area (Å²) in [6.07, 6.45) is 24.1. The molecule has 0 aliphatic carbocycles. The summed E-state index contributed by atoms with van der Waals surface area (Å²) in [5.41, 5.74) is 7.04. The van der Waals surface area contributed by atoms with Crippen molar-refractivity contribution in [1.29, 1.82) is 0 Å². The molecular formula is C48H56O2S. The van der Waals surface area contributed by atoms with Crippen molar-refractivity contribution in [3.63, 3.8) is 0 Å². The van der Waals surface area contributed by atoms with Crippen LogP contribution in [0.2, 0.25) is 0 Å². The maximum Gasteiger partial charge on any atom is 0.136 e. The molecule has 3 heteroatoms. The summed E-state index contributed by atoms with van der Waals surface area (Å²) in [4.78, 5) is 0. The summed E-state index contributed by atoms with van der Waals surface area (Å²) >= 11 is 1.82. The van der Waals surface area contributed by atoms with Gasteiger partial charge in [-0.3, -0.25) is 0 Å². The lowest BCUT2D eigenvalue weighted by molar-refractivity contribution is 0.575. The highest BCUT2D eigenvalue weighted by atomic mass is 32.1. The van der Waals surface area contributed by atoms with E-state index in [1.54, 1.807) is 0 Å². The quantitative estimate of drug-likeness (QED) is 0.0742. The Morgan fingerprint density at radius 3 is 1.18 bits per heavy atom. The smallest absolute Gasteiger partial charge is 0.136 e. The average Bonchev–Trinajstić information content (AvgIpc) is 3.86. The fraction of sp³-hybridized carbons (Fsp3) is 0.417. The molecule has 3 aromatic heterocycles. The van der Waals surface area contributed by atoms with E-state index in [0.717, 1.165) is 57.4 Å². The van der Waals surface area contributed by atoms with E-state index in [0.29, 0.717) is 0 Å². The second-order valence-corrected chi connectivity index (χ2v) is 16.0. The molecule has 2 nitrogen and oxygen atoms in total. The van der Waals surface area contributed by atoms with E-state index in [4.69, 9.17) is 8.83 Å². The number of thiophene rings is 1. The number of aryl methyl sites for hydroxylation is 2. The minimum Gasteiger partial charge on any atom is -0.456 e. The van der Waals surface area contributed by atoms with E-state index >= 15 is 0 Å². The van der Waals surface area contributed by atoms with Crippen molar-refractivity contribution < 1.29 is 8.83 Å². The van der Waals surface area contributed by atoms with Crippen molar-refractivity contribution in [2.24, 2.45) is 0 Å². The lowest BCUT2D eigenvalue weighted by Gasteiger charge is -2.04. The molecular weight excluding hydrogens is 641 g/mol. The standard InChI is InChI=1S/C48H56O2S/c1-3-5-7-9-11-13-15-17-19-35-21-25-37(26-22-35)43-31-39-29-41-42-30-40-32-44(50-46(40)34-48(42)51-47(41)33-45(39)49-43)38-27-23-36(24-28-38)20-18-16-14-12-10-8-6-4-2/h21-34H,3-20H2,1-2H3. The monoisotopic (exact) mass is 696 g/mol. The number of unbranched alkanes of at least 4 members (excludes halogenated alkanes) is 14. The van der Waals surface area contributed by atoms with Gasteiger partial charge < -0.3 is 8.83 Å². The minimum absolute atomic E-state index is 0.941. The molecule has 0 spiro atoms. The number of benzene rings is 4. The Kier molecular flexibility index (Phi) is 12.3. The van der Waals surface area contributed by atoms with Gasteiger partial charge in [0.1, 0.15) is 22.7 Å². The average molecular weight is 697 g/mol. The Balaban J connectivity index is 0.986. The summed E-state index contributed by atoms with van der Waals surface area (Å²) < 4.78 is 15.3. The molecule has 0 N–H and O–H groups in total. The van der Waals surface area contributed by atoms with Crippen molar-refractivity contribution >= 4 is 53.4 Å². The van der Waals surface area contributed by atoms with Crippen LogP contribution in [0.15, 0.2) is 93.8 Å². The van der Waals surface area contributed by atoms with Gasteiger partial charge in [0.2, 0.25) is 0 Å². The second kappa shape index (κ2) is 17.6. The van der Waals surface area contributed by atoms with Crippen LogP contribution in [0.5, 0.6) is 0 Å². The topological polar surface area (TPSA) is 26.3 Å². The van der Waals surface area contributed by atoms with Gasteiger partial charge in [-0.1, -0.05) is 152 Å². The first-order chi connectivity index (χ1) is 25.2. The highest BCUT2D eigenvalue weighted by Gasteiger charge is 2.15. The molecule has 7 aromatic rings. The Morgan fingerprint density at radius 2 is 0.784 bits per heavy atom. The number of rotatable bonds is 20. The third-order valence-corrected chi connectivity index (χ3v) is 12.0. The van der Waals surface area contributed by atoms with Gasteiger partial charge in [0.15, 0.2) is 0 Å². The molecule has 4 aromatic carbocycles. The predicted octanol–water partition coefficient (Wildman–Crippen LogP) is 16.2. The van der Waals surface area contributed by atoms with Crippen molar-refractivity contribution in [3.05, 3.63) is 96.1 Å². The second-order valence-electron chi connectivity index (χ2n) is 14.9. The zero-order valence-electron chi connectivity index (χ0n) is 31.0. The van der Waals surface area contributed by atoms with Crippen molar-refractivity contribution in [2.45, 2.75) is 129 Å². The zero-order valence-corrected chi connectivity index (χ0v) is 31.9. The van der Waals surface area contributed by atoms with Crippen molar-refractivity contribution in [1.82, 2.24) is 0 Å². The lowest BCUT2D eigenvalue weighted by atomic mass is 10.0. The summed E-state index contributed by atoms with van der Waals surface area (Å²) in [5, 5.41) is 4.87. The first-order valence-electron chi connectivity index (χ1n) is 20.2. The van der Waals surface area contributed by atoms with Gasteiger partial charge in [0.05, 0.1) is 0 Å². The normalized spacial score (nSPS) is 12.0. The van der Waals surface area contributed by atoms with E-state index < -0.39 is 0 Å². The van der Waals surface area contributed by atoms with Gasteiger partial charge in [0, 0.05) is 42.1 Å². The van der Waals surface area contributed by atoms with E-state index in [-0.39, 0.29) is 0 Å². The molecule has 0 amide bonds. The zero-order chi connectivity index (χ0) is 34.8. The van der Waals surface area contributed by atoms with Gasteiger partial charge >= 0.3 is 0 Å². The molecule has 0 fully saturated rings. The fourth-order valence-corrected chi connectivity index (χ4v) is 8.85. The van der Waals surface area contributed by atoms with Crippen molar-refractivity contribution in [2.75, 3.05) is 0 Å². The molecule has 266 valence electrons. The van der Waals surface area contributed by atoms with Crippen LogP contribution in [0.4, 0.5) is 0 Å². The van der Waals surface area contributed by atoms with Crippen LogP contribution < -0.4 is 0 Å². The van der Waals surface area contributed by atoms with Crippen LogP contribution >= 0.6 is 11.3 Å². The van der Waals surface area contributed by atoms with E-state index in [9.17, 15) is 0 Å². The highest BCUT2D eigenvalue weighted by molar-refractivity contribution is 7.26. The third-order valence-electron chi connectivity index (χ3n) is 10.9. The van der Waals surface area contributed by atoms with E-state index in [1.165, 1.54) is 134 Å². The summed E-state index contributed by atoms with van der Waals surface area (Å²) in [6, 6.07) is 31.5. The molecule has 0 saturated carbocycles. The Bertz CT molecular complexity index is 1970. The number of fused-ring (bicyclic) bond motifs is 5. The number of furan rings is 2. The van der Waals surface area contributed by atoms with Gasteiger partial charge in [-0.15, -0.1) is 11.3 Å². The molecule has 3 heterocycles. The van der Waals surface area contributed by atoms with E-state index in [1.807, 2.05) is 11.3 Å². The van der Waals surface area contributed by atoms with Crippen LogP contribution in [0.25, 0.3) is 64.8 Å². The Labute approximate surface area is 309 Å². The van der Waals surface area contributed by atoms with Gasteiger partial charge in [-0.2, -0.15) is 0 Å². The molecule has 0 atom stereocenters. The number of hydrogen-bond acceptors (Lipinski definition) is 3. The van der Waals surface area contributed by atoms with Crippen LogP contribution in [-0.2, 0) is 12.8 Å². The fourth-order valence-electron chi connectivity index (χ4n) is 7.73. The van der Waals surface area contributed by atoms with Crippen LogP contribution in [0, 0.1) is 0 Å². The summed E-state index contributed by atoms with van der Waals surface area (Å²) in [5.74, 6) is 1.88. The molecule has 51 heavy (non-hydrogen) atoms. The molecule has 7 rings (SSSR count). The van der Waals surface area contributed by atoms with Crippen LogP contribution in [0.1, 0.15) is 128 Å². The van der Waals surface area contributed by atoms with E-state index in [2.05, 4.69) is 98.8 Å². The Hall–Kier alpha value is -3.82. The summed E-state index contributed by atoms with van der Waals surface area (Å²) in [6.45, 7) is 4.57. The van der Waals surface area contributed by atoms with Gasteiger partial charge in [-0.05, 0) is 73.2 Å². The predicted molar refractivity (Wildman–Crippen MR) is 222 cm³/mol. The minimum atomic E-state index is 0.941. The molecule has 0 aliphatic rings. The Morgan fingerprint density at radius 1 is 0.412 bits per heavy atom. The third kappa shape index (κ3) is 8.98. The molecule has 0 aliphatic heterocycles. The first kappa shape index (κ1) is 35.6. The lowest BCUT2D eigenvalue weighted by Crippen LogP contribution is -1.87. The molecule has 0 unspecified atom stereocenters. The molecule has 0 bridgehead atoms. The maximum absolute atomic E-state index is 6.42. The van der Waals surface area contributed by atoms with Gasteiger partial charge in [-0.25, -0.2) is 0 Å². The first-order valence-corrected chi connectivity index (χ1v) is 21.0. The van der Waals surface area contributed by atoms with Crippen LogP contribution in [-0.4, -0.2) is 0 Å². The largest absolute Gasteiger partial charge is 0.456 e. The number of hydrogen-bond donors (Lipinski definition) is 0. The SMILES string of the molecule is CCCCCCCCCCc1ccc(-c2cc3cc4c(cc3o2)sc2cc3oc(-c5ccc(CCCCCCCCCC)cc5)cc3cc24)cc1. The van der Waals surface area contributed by atoms with Gasteiger partial charge in [0.25, 0.3) is 0 Å². The summed E-state index contributed by atoms with van der Waals surface area (Å²) in [7, 11) is 0. The molecule has 0 saturated heterocycles. The van der Waals surface area contributed by atoms with Crippen LogP contribution in [0.3, 0.4) is 0 Å².